The molecule has 1 atom stereocenters. The van der Waals surface area contributed by atoms with Crippen LogP contribution in [0.2, 0.25) is 5.02 Å². The lowest BCUT2D eigenvalue weighted by Crippen LogP contribution is -2.49. The average Bonchev–Trinajstić information content (AvgIpc) is 2.52. The van der Waals surface area contributed by atoms with Gasteiger partial charge >= 0.3 is 0 Å². The Kier molecular flexibility index (Phi) is 8.23. The molecule has 0 bridgehead atoms. The quantitative estimate of drug-likeness (QED) is 0.873. The Morgan fingerprint density at radius 3 is 2.77 bits per heavy atom. The predicted octanol–water partition coefficient (Wildman–Crippen LogP) is 4.06. The minimum atomic E-state index is 0. The van der Waals surface area contributed by atoms with Gasteiger partial charge in [0.1, 0.15) is 0 Å². The van der Waals surface area contributed by atoms with Crippen LogP contribution < -0.4 is 5.32 Å². The first-order chi connectivity index (χ1) is 10.2. The van der Waals surface area contributed by atoms with Gasteiger partial charge < -0.3 is 10.2 Å². The number of amides is 1. The maximum absolute atomic E-state index is 12.7. The summed E-state index contributed by atoms with van der Waals surface area (Å²) in [5, 5.41) is 4.11. The van der Waals surface area contributed by atoms with Gasteiger partial charge in [-0.15, -0.1) is 12.4 Å². The van der Waals surface area contributed by atoms with E-state index in [1.54, 1.807) is 0 Å². The van der Waals surface area contributed by atoms with Crippen LogP contribution in [0.4, 0.5) is 0 Å². The van der Waals surface area contributed by atoms with E-state index in [2.05, 4.69) is 25.2 Å². The molecule has 1 aromatic carbocycles. The minimum Gasteiger partial charge on any atom is -0.333 e. The lowest BCUT2D eigenvalue weighted by atomic mass is 9.96. The molecule has 1 aliphatic heterocycles. The number of nitrogens with zero attached hydrogens (tertiary/aromatic N) is 1. The Labute approximate surface area is 144 Å². The molecule has 0 saturated carbocycles. The summed E-state index contributed by atoms with van der Waals surface area (Å²) in [6.45, 7) is 6.76. The Morgan fingerprint density at radius 1 is 1.41 bits per heavy atom. The molecule has 1 N–H and O–H groups in total. The van der Waals surface area contributed by atoms with Gasteiger partial charge in [-0.3, -0.25) is 4.79 Å². The highest BCUT2D eigenvalue weighted by Crippen LogP contribution is 2.26. The number of nitrogens with one attached hydrogen (secondary N) is 1. The van der Waals surface area contributed by atoms with Crippen molar-refractivity contribution in [2.75, 3.05) is 19.6 Å². The molecule has 1 fully saturated rings. The van der Waals surface area contributed by atoms with Gasteiger partial charge in [0.2, 0.25) is 5.91 Å². The van der Waals surface area contributed by atoms with Crippen molar-refractivity contribution in [3.63, 3.8) is 0 Å². The molecule has 0 spiro atoms. The normalized spacial score (nSPS) is 18.2. The summed E-state index contributed by atoms with van der Waals surface area (Å²) in [5.41, 5.74) is 1.12. The average molecular weight is 345 g/mol. The van der Waals surface area contributed by atoms with Gasteiger partial charge in [0.05, 0.1) is 6.04 Å². The zero-order chi connectivity index (χ0) is 15.2. The molecule has 2 rings (SSSR count). The third-order valence-electron chi connectivity index (χ3n) is 4.42. The second-order valence-electron chi connectivity index (χ2n) is 5.75. The molecule has 1 aromatic rings. The second kappa shape index (κ2) is 9.39. The summed E-state index contributed by atoms with van der Waals surface area (Å²) in [7, 11) is 0. The fourth-order valence-electron chi connectivity index (χ4n) is 2.96. The SMILES string of the molecule is CCC(CC)CC(=O)N1CCNCC1c1cccc(Cl)c1.Cl. The standard InChI is InChI=1S/C17H25ClN2O.ClH/c1-3-13(4-2)10-17(21)20-9-8-19-12-16(20)14-6-5-7-15(18)11-14;/h5-7,11,13,16,19H,3-4,8-10,12H2,1-2H3;1H. The maximum Gasteiger partial charge on any atom is 0.223 e. The van der Waals surface area contributed by atoms with E-state index in [0.29, 0.717) is 12.3 Å². The molecule has 0 aliphatic carbocycles. The van der Waals surface area contributed by atoms with Crippen molar-refractivity contribution in [2.24, 2.45) is 5.92 Å². The summed E-state index contributed by atoms with van der Waals surface area (Å²) in [6, 6.07) is 7.95. The van der Waals surface area contributed by atoms with Crippen molar-refractivity contribution >= 4 is 29.9 Å². The fraction of sp³-hybridized carbons (Fsp3) is 0.588. The summed E-state index contributed by atoms with van der Waals surface area (Å²) < 4.78 is 0. The number of hydrogen-bond donors (Lipinski definition) is 1. The van der Waals surface area contributed by atoms with Crippen LogP contribution in [-0.4, -0.2) is 30.4 Å². The van der Waals surface area contributed by atoms with E-state index in [1.807, 2.05) is 23.1 Å². The van der Waals surface area contributed by atoms with Crippen molar-refractivity contribution in [1.29, 1.82) is 0 Å². The van der Waals surface area contributed by atoms with Gasteiger partial charge in [0.15, 0.2) is 0 Å². The third-order valence-corrected chi connectivity index (χ3v) is 4.65. The Morgan fingerprint density at radius 2 is 2.14 bits per heavy atom. The zero-order valence-electron chi connectivity index (χ0n) is 13.3. The van der Waals surface area contributed by atoms with E-state index in [1.165, 1.54) is 0 Å². The highest BCUT2D eigenvalue weighted by molar-refractivity contribution is 6.30. The van der Waals surface area contributed by atoms with Gasteiger partial charge in [-0.05, 0) is 23.6 Å². The van der Waals surface area contributed by atoms with E-state index in [9.17, 15) is 4.79 Å². The maximum atomic E-state index is 12.7. The summed E-state index contributed by atoms with van der Waals surface area (Å²) >= 11 is 6.10. The highest BCUT2D eigenvalue weighted by Gasteiger charge is 2.28. The second-order valence-corrected chi connectivity index (χ2v) is 6.19. The predicted molar refractivity (Wildman–Crippen MR) is 94.7 cm³/mol. The first-order valence-corrected chi connectivity index (χ1v) is 8.29. The summed E-state index contributed by atoms with van der Waals surface area (Å²) in [5.74, 6) is 0.766. The molecule has 0 radical (unpaired) electrons. The van der Waals surface area contributed by atoms with Gasteiger partial charge in [-0.1, -0.05) is 50.4 Å². The molecule has 1 saturated heterocycles. The van der Waals surface area contributed by atoms with Crippen LogP contribution in [0.15, 0.2) is 24.3 Å². The lowest BCUT2D eigenvalue weighted by molar-refractivity contribution is -0.135. The monoisotopic (exact) mass is 344 g/mol. The topological polar surface area (TPSA) is 32.3 Å². The molecule has 5 heteroatoms. The van der Waals surface area contributed by atoms with Crippen LogP contribution in [0.5, 0.6) is 0 Å². The van der Waals surface area contributed by atoms with Crippen molar-refractivity contribution < 1.29 is 4.79 Å². The molecular weight excluding hydrogens is 319 g/mol. The lowest BCUT2D eigenvalue weighted by Gasteiger charge is -2.37. The Bertz CT molecular complexity index is 477. The van der Waals surface area contributed by atoms with Crippen LogP contribution in [-0.2, 0) is 4.79 Å². The molecule has 1 heterocycles. The highest BCUT2D eigenvalue weighted by atomic mass is 35.5. The van der Waals surface area contributed by atoms with Crippen molar-refractivity contribution in [2.45, 2.75) is 39.2 Å². The zero-order valence-corrected chi connectivity index (χ0v) is 14.9. The largest absolute Gasteiger partial charge is 0.333 e. The van der Waals surface area contributed by atoms with E-state index in [-0.39, 0.29) is 24.4 Å². The van der Waals surface area contributed by atoms with Crippen molar-refractivity contribution in [3.05, 3.63) is 34.9 Å². The Hall–Kier alpha value is -0.770. The van der Waals surface area contributed by atoms with E-state index >= 15 is 0 Å². The van der Waals surface area contributed by atoms with Crippen molar-refractivity contribution in [3.8, 4) is 0 Å². The summed E-state index contributed by atoms with van der Waals surface area (Å²) in [6.07, 6.45) is 2.79. The van der Waals surface area contributed by atoms with E-state index in [0.717, 1.165) is 43.1 Å². The van der Waals surface area contributed by atoms with Crippen LogP contribution in [0.3, 0.4) is 0 Å². The minimum absolute atomic E-state index is 0. The Balaban J connectivity index is 0.00000242. The number of benzene rings is 1. The van der Waals surface area contributed by atoms with E-state index < -0.39 is 0 Å². The number of carbonyl (C=O) groups excluding carboxylic acids is 1. The molecule has 0 aromatic heterocycles. The molecule has 1 amide bonds. The fourth-order valence-corrected chi connectivity index (χ4v) is 3.15. The number of carbonyl (C=O) groups is 1. The molecule has 124 valence electrons. The van der Waals surface area contributed by atoms with Crippen LogP contribution in [0.25, 0.3) is 0 Å². The van der Waals surface area contributed by atoms with Gasteiger partial charge in [-0.2, -0.15) is 0 Å². The molecule has 1 aliphatic rings. The smallest absolute Gasteiger partial charge is 0.223 e. The van der Waals surface area contributed by atoms with E-state index in [4.69, 9.17) is 11.6 Å². The number of rotatable bonds is 5. The van der Waals surface area contributed by atoms with Gasteiger partial charge in [-0.25, -0.2) is 0 Å². The molecular formula is C17H26Cl2N2O. The van der Waals surface area contributed by atoms with Crippen LogP contribution in [0, 0.1) is 5.92 Å². The first-order valence-electron chi connectivity index (χ1n) is 7.91. The van der Waals surface area contributed by atoms with Crippen LogP contribution >= 0.6 is 24.0 Å². The van der Waals surface area contributed by atoms with Gasteiger partial charge in [0.25, 0.3) is 0 Å². The van der Waals surface area contributed by atoms with Crippen LogP contribution in [0.1, 0.15) is 44.7 Å². The molecule has 22 heavy (non-hydrogen) atoms. The summed E-state index contributed by atoms with van der Waals surface area (Å²) in [4.78, 5) is 14.7. The number of halogens is 2. The molecule has 3 nitrogen and oxygen atoms in total. The number of hydrogen-bond acceptors (Lipinski definition) is 2. The number of piperazine rings is 1. The van der Waals surface area contributed by atoms with Gasteiger partial charge in [0, 0.05) is 31.1 Å². The van der Waals surface area contributed by atoms with Crippen molar-refractivity contribution in [1.82, 2.24) is 10.2 Å². The molecule has 1 unspecified atom stereocenters. The first kappa shape index (κ1) is 19.3. The third kappa shape index (κ3) is 4.87.